The fourth-order valence-electron chi connectivity index (χ4n) is 2.49. The molecule has 0 spiro atoms. The number of benzene rings is 2. The maximum absolute atomic E-state index is 13.4. The average molecular weight is 345 g/mol. The molecule has 25 heavy (non-hydrogen) atoms. The largest absolute Gasteiger partial charge is 0.339 e. The molecule has 5 heteroatoms. The van der Waals surface area contributed by atoms with Crippen molar-refractivity contribution in [3.05, 3.63) is 70.8 Å². The van der Waals surface area contributed by atoms with Gasteiger partial charge in [-0.05, 0) is 31.5 Å². The molecule has 1 amide bonds. The molecule has 0 heterocycles. The lowest BCUT2D eigenvalue weighted by Crippen LogP contribution is -2.30. The minimum Gasteiger partial charge on any atom is -0.339 e. The van der Waals surface area contributed by atoms with Gasteiger partial charge in [-0.2, -0.15) is 0 Å². The van der Waals surface area contributed by atoms with Gasteiger partial charge >= 0.3 is 0 Å². The SMILES string of the molecule is Cc1ccc(C(=O)CCC(=O)N(C)C(C)c2ccc(F)c(F)c2)cc1. The van der Waals surface area contributed by atoms with Crippen LogP contribution >= 0.6 is 0 Å². The summed E-state index contributed by atoms with van der Waals surface area (Å²) in [7, 11) is 1.59. The number of carbonyl (C=O) groups is 2. The van der Waals surface area contributed by atoms with Gasteiger partial charge in [0.1, 0.15) is 0 Å². The van der Waals surface area contributed by atoms with Crippen molar-refractivity contribution >= 4 is 11.7 Å². The molecule has 0 aliphatic rings. The van der Waals surface area contributed by atoms with Crippen LogP contribution in [0.3, 0.4) is 0 Å². The van der Waals surface area contributed by atoms with Gasteiger partial charge in [0.05, 0.1) is 6.04 Å². The number of hydrogen-bond acceptors (Lipinski definition) is 2. The fourth-order valence-corrected chi connectivity index (χ4v) is 2.49. The van der Waals surface area contributed by atoms with E-state index in [9.17, 15) is 18.4 Å². The van der Waals surface area contributed by atoms with E-state index in [-0.39, 0.29) is 24.5 Å². The minimum atomic E-state index is -0.945. The third kappa shape index (κ3) is 4.72. The Kier molecular flexibility index (Phi) is 6.02. The standard InChI is InChI=1S/C20H21F2NO2/c1-13-4-6-15(7-5-13)19(24)10-11-20(25)23(3)14(2)16-8-9-17(21)18(22)12-16/h4-9,12,14H,10-11H2,1-3H3. The number of amides is 1. The molecule has 2 aromatic rings. The molecule has 2 rings (SSSR count). The Morgan fingerprint density at radius 1 is 1.00 bits per heavy atom. The molecule has 0 N–H and O–H groups in total. The first-order chi connectivity index (χ1) is 11.8. The number of ketones is 1. The van der Waals surface area contributed by atoms with E-state index in [1.165, 1.54) is 11.0 Å². The van der Waals surface area contributed by atoms with Gasteiger partial charge in [-0.3, -0.25) is 9.59 Å². The van der Waals surface area contributed by atoms with Crippen LogP contribution in [0.15, 0.2) is 42.5 Å². The quantitative estimate of drug-likeness (QED) is 0.725. The molecule has 132 valence electrons. The number of nitrogens with zero attached hydrogens (tertiary/aromatic N) is 1. The normalized spacial score (nSPS) is 11.9. The summed E-state index contributed by atoms with van der Waals surface area (Å²) in [4.78, 5) is 25.9. The summed E-state index contributed by atoms with van der Waals surface area (Å²) >= 11 is 0. The van der Waals surface area contributed by atoms with Gasteiger partial charge < -0.3 is 4.90 Å². The van der Waals surface area contributed by atoms with E-state index >= 15 is 0 Å². The highest BCUT2D eigenvalue weighted by Crippen LogP contribution is 2.22. The molecule has 1 atom stereocenters. The molecule has 0 radical (unpaired) electrons. The van der Waals surface area contributed by atoms with E-state index in [1.807, 2.05) is 19.1 Å². The lowest BCUT2D eigenvalue weighted by Gasteiger charge is -2.25. The predicted octanol–water partition coefficient (Wildman–Crippen LogP) is 4.46. The smallest absolute Gasteiger partial charge is 0.223 e. The third-order valence-electron chi connectivity index (χ3n) is 4.34. The van der Waals surface area contributed by atoms with Crippen LogP contribution in [0.4, 0.5) is 8.78 Å². The second kappa shape index (κ2) is 8.01. The van der Waals surface area contributed by atoms with Crippen LogP contribution in [0.2, 0.25) is 0 Å². The maximum atomic E-state index is 13.4. The van der Waals surface area contributed by atoms with E-state index in [2.05, 4.69) is 0 Å². The molecule has 1 unspecified atom stereocenters. The van der Waals surface area contributed by atoms with Crippen molar-refractivity contribution in [3.63, 3.8) is 0 Å². The summed E-state index contributed by atoms with van der Waals surface area (Å²) in [5, 5.41) is 0. The second-order valence-electron chi connectivity index (χ2n) is 6.14. The highest BCUT2D eigenvalue weighted by atomic mass is 19.2. The number of aryl methyl sites for hydroxylation is 1. The van der Waals surface area contributed by atoms with Gasteiger partial charge in [-0.1, -0.05) is 35.9 Å². The van der Waals surface area contributed by atoms with E-state index in [0.29, 0.717) is 11.1 Å². The van der Waals surface area contributed by atoms with Crippen molar-refractivity contribution in [2.24, 2.45) is 0 Å². The molecule has 0 saturated carbocycles. The summed E-state index contributed by atoms with van der Waals surface area (Å²) in [5.41, 5.74) is 2.14. The topological polar surface area (TPSA) is 37.4 Å². The number of carbonyl (C=O) groups excluding carboxylic acids is 2. The molecule has 3 nitrogen and oxygen atoms in total. The van der Waals surface area contributed by atoms with Crippen molar-refractivity contribution in [2.45, 2.75) is 32.7 Å². The Balaban J connectivity index is 1.96. The zero-order valence-corrected chi connectivity index (χ0v) is 14.6. The van der Waals surface area contributed by atoms with Crippen LogP contribution in [-0.2, 0) is 4.79 Å². The Hall–Kier alpha value is -2.56. The van der Waals surface area contributed by atoms with Gasteiger partial charge in [0.15, 0.2) is 17.4 Å². The Labute approximate surface area is 146 Å². The van der Waals surface area contributed by atoms with Crippen LogP contribution in [0.1, 0.15) is 47.3 Å². The molecule has 2 aromatic carbocycles. The lowest BCUT2D eigenvalue weighted by molar-refractivity contribution is -0.131. The highest BCUT2D eigenvalue weighted by Gasteiger charge is 2.19. The Bertz CT molecular complexity index is 772. The van der Waals surface area contributed by atoms with E-state index in [4.69, 9.17) is 0 Å². The van der Waals surface area contributed by atoms with Gasteiger partial charge in [0.25, 0.3) is 0 Å². The highest BCUT2D eigenvalue weighted by molar-refractivity contribution is 5.98. The Morgan fingerprint density at radius 2 is 1.64 bits per heavy atom. The molecule has 0 aromatic heterocycles. The number of Topliss-reactive ketones (excluding diaryl/α,β-unsaturated/α-hetero) is 1. The van der Waals surface area contributed by atoms with E-state index in [0.717, 1.165) is 17.7 Å². The van der Waals surface area contributed by atoms with E-state index in [1.54, 1.807) is 26.1 Å². The van der Waals surface area contributed by atoms with Crippen molar-refractivity contribution < 1.29 is 18.4 Å². The van der Waals surface area contributed by atoms with Crippen molar-refractivity contribution in [1.82, 2.24) is 4.90 Å². The van der Waals surface area contributed by atoms with Crippen LogP contribution in [-0.4, -0.2) is 23.6 Å². The lowest BCUT2D eigenvalue weighted by atomic mass is 10.0. The summed E-state index contributed by atoms with van der Waals surface area (Å²) in [6.45, 7) is 3.67. The zero-order chi connectivity index (χ0) is 18.6. The van der Waals surface area contributed by atoms with Crippen molar-refractivity contribution in [1.29, 1.82) is 0 Å². The van der Waals surface area contributed by atoms with Crippen LogP contribution in [0.25, 0.3) is 0 Å². The van der Waals surface area contributed by atoms with Gasteiger partial charge in [0.2, 0.25) is 5.91 Å². The number of halogens is 2. The monoisotopic (exact) mass is 345 g/mol. The fraction of sp³-hybridized carbons (Fsp3) is 0.300. The molecule has 0 aliphatic carbocycles. The van der Waals surface area contributed by atoms with Gasteiger partial charge in [-0.15, -0.1) is 0 Å². The van der Waals surface area contributed by atoms with Crippen molar-refractivity contribution in [2.75, 3.05) is 7.05 Å². The first-order valence-electron chi connectivity index (χ1n) is 8.10. The van der Waals surface area contributed by atoms with Gasteiger partial charge in [0, 0.05) is 25.5 Å². The third-order valence-corrected chi connectivity index (χ3v) is 4.34. The van der Waals surface area contributed by atoms with Crippen LogP contribution in [0.5, 0.6) is 0 Å². The summed E-state index contributed by atoms with van der Waals surface area (Å²) in [6.07, 6.45) is 0.175. The van der Waals surface area contributed by atoms with Crippen molar-refractivity contribution in [3.8, 4) is 0 Å². The summed E-state index contributed by atoms with van der Waals surface area (Å²) < 4.78 is 26.4. The van der Waals surface area contributed by atoms with Crippen LogP contribution in [0, 0.1) is 18.6 Å². The first kappa shape index (κ1) is 18.8. The zero-order valence-electron chi connectivity index (χ0n) is 14.6. The summed E-state index contributed by atoms with van der Waals surface area (Å²) in [6, 6.07) is 10.4. The van der Waals surface area contributed by atoms with E-state index < -0.39 is 17.7 Å². The molecule has 0 bridgehead atoms. The average Bonchev–Trinajstić information content (AvgIpc) is 2.61. The molecular weight excluding hydrogens is 324 g/mol. The second-order valence-corrected chi connectivity index (χ2v) is 6.14. The van der Waals surface area contributed by atoms with Gasteiger partial charge in [-0.25, -0.2) is 8.78 Å². The number of hydrogen-bond donors (Lipinski definition) is 0. The maximum Gasteiger partial charge on any atom is 0.223 e. The molecule has 0 aliphatic heterocycles. The molecule has 0 saturated heterocycles. The Morgan fingerprint density at radius 3 is 2.24 bits per heavy atom. The van der Waals surface area contributed by atoms with Crippen LogP contribution < -0.4 is 0 Å². The summed E-state index contributed by atoms with van der Waals surface area (Å²) in [5.74, 6) is -2.19. The number of rotatable bonds is 6. The predicted molar refractivity (Wildman–Crippen MR) is 92.3 cm³/mol. The minimum absolute atomic E-state index is 0.0667. The molecule has 0 fully saturated rings. The molecular formula is C20H21F2NO2. The first-order valence-corrected chi connectivity index (χ1v) is 8.10.